The molecular formula is C21H26N2O7S2. The molecule has 0 saturated carbocycles. The lowest BCUT2D eigenvalue weighted by atomic mass is 10.1. The Morgan fingerprint density at radius 2 is 1.59 bits per heavy atom. The van der Waals surface area contributed by atoms with Crippen molar-refractivity contribution in [1.82, 2.24) is 0 Å². The number of carbonyl (C=O) groups is 2. The van der Waals surface area contributed by atoms with Crippen molar-refractivity contribution in [3.05, 3.63) is 35.9 Å². The molecule has 2 N–H and O–H groups in total. The van der Waals surface area contributed by atoms with Crippen LogP contribution in [0.4, 0.5) is 11.4 Å². The number of hydrogen-bond donors (Lipinski definition) is 2. The van der Waals surface area contributed by atoms with Gasteiger partial charge in [-0.25, -0.2) is 13.2 Å². The van der Waals surface area contributed by atoms with Gasteiger partial charge < -0.3 is 19.5 Å². The summed E-state index contributed by atoms with van der Waals surface area (Å²) in [7, 11) is -0.178. The van der Waals surface area contributed by atoms with E-state index in [2.05, 4.69) is 10.0 Å². The van der Waals surface area contributed by atoms with Crippen molar-refractivity contribution in [2.45, 2.75) is 23.6 Å². The highest BCUT2D eigenvalue weighted by atomic mass is 32.2. The quantitative estimate of drug-likeness (QED) is 0.411. The summed E-state index contributed by atoms with van der Waals surface area (Å²) >= 11 is 1.37. The SMILES string of the molecule is COC(=O)c1cc(OC)c(OC)cc1NS(=O)(=O)c1ccc(SC)c(NC(=O)C(C)C)c1. The smallest absolute Gasteiger partial charge is 0.340 e. The number of rotatable bonds is 9. The highest BCUT2D eigenvalue weighted by molar-refractivity contribution is 7.98. The first kappa shape index (κ1) is 25.3. The average molecular weight is 483 g/mol. The summed E-state index contributed by atoms with van der Waals surface area (Å²) in [4.78, 5) is 25.0. The first-order chi connectivity index (χ1) is 15.1. The minimum absolute atomic E-state index is 0.0452. The van der Waals surface area contributed by atoms with Crippen LogP contribution in [0.15, 0.2) is 40.1 Å². The Labute approximate surface area is 191 Å². The lowest BCUT2D eigenvalue weighted by molar-refractivity contribution is -0.118. The van der Waals surface area contributed by atoms with E-state index in [9.17, 15) is 18.0 Å². The average Bonchev–Trinajstić information content (AvgIpc) is 2.77. The molecule has 2 aromatic rings. The van der Waals surface area contributed by atoms with Crippen LogP contribution in [0, 0.1) is 5.92 Å². The van der Waals surface area contributed by atoms with Crippen LogP contribution < -0.4 is 19.5 Å². The molecule has 0 unspecified atom stereocenters. The van der Waals surface area contributed by atoms with Crippen molar-refractivity contribution in [2.75, 3.05) is 37.6 Å². The number of esters is 1. The fraction of sp³-hybridized carbons (Fsp3) is 0.333. The standard InChI is InChI=1S/C21H26N2O7S2/c1-12(2)20(24)22-16-9-13(7-8-19(16)31-6)32(26,27)23-15-11-18(29-4)17(28-3)10-14(15)21(25)30-5/h7-12,23H,1-6H3,(H,22,24). The third kappa shape index (κ3) is 5.65. The second kappa shape index (κ2) is 10.6. The molecule has 0 aliphatic carbocycles. The van der Waals surface area contributed by atoms with Crippen LogP contribution in [0.25, 0.3) is 0 Å². The molecule has 1 amide bonds. The summed E-state index contributed by atoms with van der Waals surface area (Å²) in [6.45, 7) is 3.48. The molecule has 0 aliphatic heterocycles. The highest BCUT2D eigenvalue weighted by Crippen LogP contribution is 2.35. The molecule has 32 heavy (non-hydrogen) atoms. The van der Waals surface area contributed by atoms with Gasteiger partial charge in [-0.15, -0.1) is 11.8 Å². The second-order valence-electron chi connectivity index (χ2n) is 6.86. The van der Waals surface area contributed by atoms with Crippen molar-refractivity contribution in [2.24, 2.45) is 5.92 Å². The maximum Gasteiger partial charge on any atom is 0.340 e. The topological polar surface area (TPSA) is 120 Å². The third-order valence-electron chi connectivity index (χ3n) is 4.44. The van der Waals surface area contributed by atoms with Crippen molar-refractivity contribution in [1.29, 1.82) is 0 Å². The minimum atomic E-state index is -4.14. The number of thioether (sulfide) groups is 1. The minimum Gasteiger partial charge on any atom is -0.493 e. The monoisotopic (exact) mass is 482 g/mol. The van der Waals surface area contributed by atoms with Gasteiger partial charge in [0.05, 0.1) is 43.2 Å². The summed E-state index contributed by atoms with van der Waals surface area (Å²) in [5.74, 6) is -0.821. The molecule has 2 rings (SSSR count). The Morgan fingerprint density at radius 3 is 2.12 bits per heavy atom. The van der Waals surface area contributed by atoms with Crippen LogP contribution in [0.2, 0.25) is 0 Å². The van der Waals surface area contributed by atoms with Crippen molar-refractivity contribution in [3.63, 3.8) is 0 Å². The first-order valence-electron chi connectivity index (χ1n) is 9.44. The van der Waals surface area contributed by atoms with Crippen LogP contribution in [0.5, 0.6) is 11.5 Å². The van der Waals surface area contributed by atoms with Crippen LogP contribution >= 0.6 is 11.8 Å². The lowest BCUT2D eigenvalue weighted by Gasteiger charge is -2.17. The van der Waals surface area contributed by atoms with Gasteiger partial charge in [0.2, 0.25) is 5.91 Å². The van der Waals surface area contributed by atoms with E-state index < -0.39 is 16.0 Å². The van der Waals surface area contributed by atoms with Crippen molar-refractivity contribution in [3.8, 4) is 11.5 Å². The Balaban J connectivity index is 2.53. The number of anilines is 2. The Hall–Kier alpha value is -2.92. The molecule has 0 heterocycles. The predicted molar refractivity (Wildman–Crippen MR) is 123 cm³/mol. The summed E-state index contributed by atoms with van der Waals surface area (Å²) < 4.78 is 43.8. The van der Waals surface area contributed by atoms with E-state index in [1.807, 2.05) is 6.26 Å². The Kier molecular flexibility index (Phi) is 8.39. The number of hydrogen-bond acceptors (Lipinski definition) is 8. The maximum absolute atomic E-state index is 13.1. The van der Waals surface area contributed by atoms with Gasteiger partial charge in [-0.3, -0.25) is 9.52 Å². The number of amides is 1. The van der Waals surface area contributed by atoms with Crippen LogP contribution in [0.1, 0.15) is 24.2 Å². The fourth-order valence-electron chi connectivity index (χ4n) is 2.67. The van der Waals surface area contributed by atoms with Gasteiger partial charge in [0.1, 0.15) is 0 Å². The van der Waals surface area contributed by atoms with E-state index in [0.29, 0.717) is 10.6 Å². The number of carbonyl (C=O) groups excluding carboxylic acids is 2. The number of benzene rings is 2. The summed E-state index contributed by atoms with van der Waals surface area (Å²) in [6, 6.07) is 7.05. The molecule has 11 heteroatoms. The molecule has 2 aromatic carbocycles. The molecule has 0 atom stereocenters. The molecule has 0 fully saturated rings. The van der Waals surface area contributed by atoms with Gasteiger partial charge in [0.15, 0.2) is 11.5 Å². The molecule has 0 spiro atoms. The largest absolute Gasteiger partial charge is 0.493 e. The highest BCUT2D eigenvalue weighted by Gasteiger charge is 2.23. The van der Waals surface area contributed by atoms with Crippen molar-refractivity contribution < 1.29 is 32.2 Å². The van der Waals surface area contributed by atoms with Crippen LogP contribution in [-0.2, 0) is 19.6 Å². The van der Waals surface area contributed by atoms with E-state index in [4.69, 9.17) is 14.2 Å². The zero-order chi connectivity index (χ0) is 24.1. The molecule has 174 valence electrons. The van der Waals surface area contributed by atoms with E-state index >= 15 is 0 Å². The van der Waals surface area contributed by atoms with E-state index in [0.717, 1.165) is 0 Å². The molecule has 0 bridgehead atoms. The Morgan fingerprint density at radius 1 is 0.969 bits per heavy atom. The Bertz CT molecular complexity index is 1120. The van der Waals surface area contributed by atoms with E-state index in [1.165, 1.54) is 57.4 Å². The number of methoxy groups -OCH3 is 3. The van der Waals surface area contributed by atoms with Crippen molar-refractivity contribution >= 4 is 45.0 Å². The molecule has 9 nitrogen and oxygen atoms in total. The number of sulfonamides is 1. The van der Waals surface area contributed by atoms with Crippen LogP contribution in [-0.4, -0.2) is 47.9 Å². The third-order valence-corrected chi connectivity index (χ3v) is 6.60. The van der Waals surface area contributed by atoms with Crippen LogP contribution in [0.3, 0.4) is 0 Å². The lowest BCUT2D eigenvalue weighted by Crippen LogP contribution is -2.19. The van der Waals surface area contributed by atoms with Gasteiger partial charge in [-0.2, -0.15) is 0 Å². The predicted octanol–water partition coefficient (Wildman–Crippen LogP) is 3.61. The molecule has 0 saturated heterocycles. The summed E-state index contributed by atoms with van der Waals surface area (Å²) in [6.07, 6.45) is 1.82. The fourth-order valence-corrected chi connectivity index (χ4v) is 4.31. The zero-order valence-corrected chi connectivity index (χ0v) is 20.3. The normalized spacial score (nSPS) is 11.1. The van der Waals surface area contributed by atoms with Gasteiger partial charge in [-0.05, 0) is 24.5 Å². The van der Waals surface area contributed by atoms with Gasteiger partial charge in [0.25, 0.3) is 10.0 Å². The molecular weight excluding hydrogens is 456 g/mol. The van der Waals surface area contributed by atoms with E-state index in [1.54, 1.807) is 19.9 Å². The van der Waals surface area contributed by atoms with Gasteiger partial charge in [-0.1, -0.05) is 13.8 Å². The molecule has 0 aromatic heterocycles. The molecule has 0 aliphatic rings. The summed E-state index contributed by atoms with van der Waals surface area (Å²) in [5.41, 5.74) is 0.276. The number of nitrogens with one attached hydrogen (secondary N) is 2. The first-order valence-corrected chi connectivity index (χ1v) is 12.1. The summed E-state index contributed by atoms with van der Waals surface area (Å²) in [5, 5.41) is 2.75. The molecule has 0 radical (unpaired) electrons. The maximum atomic E-state index is 13.1. The zero-order valence-electron chi connectivity index (χ0n) is 18.6. The van der Waals surface area contributed by atoms with E-state index in [-0.39, 0.29) is 39.5 Å². The van der Waals surface area contributed by atoms with Gasteiger partial charge in [0, 0.05) is 22.9 Å². The van der Waals surface area contributed by atoms with Gasteiger partial charge >= 0.3 is 5.97 Å². The second-order valence-corrected chi connectivity index (χ2v) is 9.39. The number of ether oxygens (including phenoxy) is 3.